The topological polar surface area (TPSA) is 20.2 Å². The molecule has 0 radical (unpaired) electrons. The van der Waals surface area contributed by atoms with Gasteiger partial charge in [0.1, 0.15) is 0 Å². The molecule has 0 bridgehead atoms. The number of allylic oxidation sites excluding steroid dienone is 6. The standard InChI is InChI=1S/C28H42O/c1-6-7-19(2)8-9-20(3)24-12-13-25-23-11-10-21-18-22(29)14-16-27(21,4)26(23)15-17-28(24,25)5/h8-11,20,22,24-26,29H,2,6-7,12-18H2,1,3-5H3/b9-8+/t20-,22+,24-,25+,26+,27+,28-/m1/s1. The minimum absolute atomic E-state index is 0.121. The molecule has 3 fully saturated rings. The van der Waals surface area contributed by atoms with Crippen molar-refractivity contribution in [2.75, 3.05) is 0 Å². The van der Waals surface area contributed by atoms with Gasteiger partial charge in [-0.15, -0.1) is 0 Å². The maximum Gasteiger partial charge on any atom is 0.0578 e. The largest absolute Gasteiger partial charge is 0.393 e. The molecule has 0 amide bonds. The molecule has 4 rings (SSSR count). The summed E-state index contributed by atoms with van der Waals surface area (Å²) in [5.41, 5.74) is 5.30. The molecule has 4 aliphatic carbocycles. The molecule has 0 aromatic carbocycles. The van der Waals surface area contributed by atoms with Gasteiger partial charge in [0.15, 0.2) is 0 Å². The van der Waals surface area contributed by atoms with Gasteiger partial charge in [0, 0.05) is 0 Å². The van der Waals surface area contributed by atoms with Crippen molar-refractivity contribution in [2.24, 2.45) is 34.5 Å². The van der Waals surface area contributed by atoms with E-state index in [1.54, 1.807) is 5.57 Å². The second-order valence-electron chi connectivity index (χ2n) is 11.1. The first-order valence-electron chi connectivity index (χ1n) is 12.2. The molecule has 3 saturated carbocycles. The number of hydrogen-bond acceptors (Lipinski definition) is 1. The van der Waals surface area contributed by atoms with Crippen LogP contribution in [-0.2, 0) is 0 Å². The van der Waals surface area contributed by atoms with E-state index in [2.05, 4.69) is 58.6 Å². The van der Waals surface area contributed by atoms with E-state index in [-0.39, 0.29) is 6.10 Å². The van der Waals surface area contributed by atoms with Gasteiger partial charge in [-0.1, -0.05) is 81.7 Å². The third kappa shape index (κ3) is 3.52. The van der Waals surface area contributed by atoms with Crippen molar-refractivity contribution in [1.82, 2.24) is 0 Å². The number of rotatable bonds is 5. The summed E-state index contributed by atoms with van der Waals surface area (Å²) in [4.78, 5) is 0. The Balaban J connectivity index is 1.56. The number of aliphatic hydroxyl groups is 1. The molecule has 1 heteroatoms. The van der Waals surface area contributed by atoms with Gasteiger partial charge in [0.25, 0.3) is 0 Å². The Bertz CT molecular complexity index is 739. The van der Waals surface area contributed by atoms with Crippen LogP contribution < -0.4 is 0 Å². The van der Waals surface area contributed by atoms with Gasteiger partial charge in [0.2, 0.25) is 0 Å². The molecular formula is C28H42O. The lowest BCUT2D eigenvalue weighted by Crippen LogP contribution is -2.46. The molecule has 0 unspecified atom stereocenters. The highest BCUT2D eigenvalue weighted by atomic mass is 16.3. The van der Waals surface area contributed by atoms with Gasteiger partial charge in [-0.25, -0.2) is 0 Å². The zero-order chi connectivity index (χ0) is 20.8. The molecule has 0 aromatic rings. The van der Waals surface area contributed by atoms with Crippen LogP contribution >= 0.6 is 0 Å². The zero-order valence-corrected chi connectivity index (χ0v) is 19.2. The van der Waals surface area contributed by atoms with E-state index < -0.39 is 0 Å². The second-order valence-corrected chi connectivity index (χ2v) is 11.1. The second kappa shape index (κ2) is 7.88. The number of aliphatic hydroxyl groups excluding tert-OH is 1. The van der Waals surface area contributed by atoms with Crippen molar-refractivity contribution in [3.8, 4) is 0 Å². The molecule has 1 N–H and O–H groups in total. The highest BCUT2D eigenvalue weighted by Crippen LogP contribution is 2.65. The Labute approximate surface area is 179 Å². The third-order valence-electron chi connectivity index (χ3n) is 9.46. The molecule has 4 aliphatic rings. The molecule has 0 aromatic heterocycles. The maximum absolute atomic E-state index is 10.2. The molecule has 0 saturated heterocycles. The summed E-state index contributed by atoms with van der Waals surface area (Å²) in [5.74, 6) is 2.88. The van der Waals surface area contributed by atoms with Crippen LogP contribution in [0.1, 0.15) is 85.5 Å². The predicted octanol–water partition coefficient (Wildman–Crippen LogP) is 7.40. The highest BCUT2D eigenvalue weighted by molar-refractivity contribution is 5.39. The molecule has 160 valence electrons. The molecule has 7 atom stereocenters. The molecule has 0 heterocycles. The Morgan fingerprint density at radius 3 is 2.72 bits per heavy atom. The first-order chi connectivity index (χ1) is 13.8. The van der Waals surface area contributed by atoms with Crippen molar-refractivity contribution < 1.29 is 5.11 Å². The summed E-state index contributed by atoms with van der Waals surface area (Å²) in [6.45, 7) is 14.0. The fourth-order valence-electron chi connectivity index (χ4n) is 7.71. The smallest absolute Gasteiger partial charge is 0.0578 e. The van der Waals surface area contributed by atoms with E-state index in [9.17, 15) is 5.11 Å². The summed E-state index contributed by atoms with van der Waals surface area (Å²) in [6, 6.07) is 0. The lowest BCUT2D eigenvalue weighted by atomic mass is 9.50. The Hall–Kier alpha value is -1.08. The fourth-order valence-corrected chi connectivity index (χ4v) is 7.71. The van der Waals surface area contributed by atoms with Gasteiger partial charge >= 0.3 is 0 Å². The predicted molar refractivity (Wildman–Crippen MR) is 124 cm³/mol. The van der Waals surface area contributed by atoms with Gasteiger partial charge in [-0.3, -0.25) is 0 Å². The lowest BCUT2D eigenvalue weighted by molar-refractivity contribution is 0.0383. The molecule has 29 heavy (non-hydrogen) atoms. The van der Waals surface area contributed by atoms with Crippen LogP contribution in [0.5, 0.6) is 0 Å². The lowest BCUT2D eigenvalue weighted by Gasteiger charge is -2.55. The van der Waals surface area contributed by atoms with Crippen LogP contribution in [0.2, 0.25) is 0 Å². The van der Waals surface area contributed by atoms with E-state index in [4.69, 9.17) is 0 Å². The minimum atomic E-state index is -0.121. The molecule has 0 spiro atoms. The minimum Gasteiger partial charge on any atom is -0.393 e. The van der Waals surface area contributed by atoms with E-state index >= 15 is 0 Å². The Morgan fingerprint density at radius 2 is 1.97 bits per heavy atom. The quantitative estimate of drug-likeness (QED) is 0.482. The van der Waals surface area contributed by atoms with E-state index in [1.165, 1.54) is 43.3 Å². The average molecular weight is 395 g/mol. The van der Waals surface area contributed by atoms with Gasteiger partial charge < -0.3 is 5.11 Å². The van der Waals surface area contributed by atoms with Crippen LogP contribution in [0, 0.1) is 34.5 Å². The first kappa shape index (κ1) is 21.2. The van der Waals surface area contributed by atoms with E-state index in [1.807, 2.05) is 0 Å². The van der Waals surface area contributed by atoms with Crippen molar-refractivity contribution in [2.45, 2.75) is 91.6 Å². The van der Waals surface area contributed by atoms with E-state index in [0.29, 0.717) is 22.7 Å². The SMILES string of the molecule is C=C(/C=C/[C@@H](C)[C@H]1CC[C@H]2C3=CC=C4C[C@@H](O)CC[C@]4(C)[C@H]3CC[C@]12C)CCC. The Morgan fingerprint density at radius 1 is 1.17 bits per heavy atom. The summed E-state index contributed by atoms with van der Waals surface area (Å²) in [6.07, 6.45) is 20.3. The molecule has 1 nitrogen and oxygen atoms in total. The normalized spacial score (nSPS) is 42.5. The van der Waals surface area contributed by atoms with Gasteiger partial charge in [-0.05, 0) is 85.9 Å². The van der Waals surface area contributed by atoms with Crippen LogP contribution in [0.4, 0.5) is 0 Å². The van der Waals surface area contributed by atoms with Crippen molar-refractivity contribution in [3.63, 3.8) is 0 Å². The van der Waals surface area contributed by atoms with Gasteiger partial charge in [-0.2, -0.15) is 0 Å². The third-order valence-corrected chi connectivity index (χ3v) is 9.46. The molecular weight excluding hydrogens is 352 g/mol. The fraction of sp³-hybridized carbons (Fsp3) is 0.714. The van der Waals surface area contributed by atoms with Crippen molar-refractivity contribution >= 4 is 0 Å². The maximum atomic E-state index is 10.2. The van der Waals surface area contributed by atoms with Crippen LogP contribution in [-0.4, -0.2) is 11.2 Å². The van der Waals surface area contributed by atoms with E-state index in [0.717, 1.165) is 37.5 Å². The van der Waals surface area contributed by atoms with Gasteiger partial charge in [0.05, 0.1) is 6.10 Å². The number of hydrogen-bond donors (Lipinski definition) is 1. The number of fused-ring (bicyclic) bond motifs is 5. The molecule has 0 aliphatic heterocycles. The first-order valence-corrected chi connectivity index (χ1v) is 12.2. The van der Waals surface area contributed by atoms with Crippen LogP contribution in [0.25, 0.3) is 0 Å². The summed E-state index contributed by atoms with van der Waals surface area (Å²) in [5, 5.41) is 10.2. The summed E-state index contributed by atoms with van der Waals surface area (Å²) >= 11 is 0. The zero-order valence-electron chi connectivity index (χ0n) is 19.2. The highest BCUT2D eigenvalue weighted by Gasteiger charge is 2.56. The summed E-state index contributed by atoms with van der Waals surface area (Å²) in [7, 11) is 0. The van der Waals surface area contributed by atoms with Crippen molar-refractivity contribution in [1.29, 1.82) is 0 Å². The average Bonchev–Trinajstić information content (AvgIpc) is 3.04. The van der Waals surface area contributed by atoms with Crippen molar-refractivity contribution in [3.05, 3.63) is 47.6 Å². The summed E-state index contributed by atoms with van der Waals surface area (Å²) < 4.78 is 0. The monoisotopic (exact) mass is 394 g/mol. The Kier molecular flexibility index (Phi) is 5.75. The van der Waals surface area contributed by atoms with Crippen LogP contribution in [0.3, 0.4) is 0 Å². The van der Waals surface area contributed by atoms with Crippen LogP contribution in [0.15, 0.2) is 47.6 Å².